The monoisotopic (exact) mass is 367 g/mol. The van der Waals surface area contributed by atoms with Crippen LogP contribution in [0.1, 0.15) is 23.7 Å². The largest absolute Gasteiger partial charge is 0.478 e. The lowest BCUT2D eigenvalue weighted by atomic mass is 10.1. The predicted octanol–water partition coefficient (Wildman–Crippen LogP) is 3.22. The Balaban J connectivity index is 2.27. The van der Waals surface area contributed by atoms with Crippen LogP contribution in [-0.4, -0.2) is 31.0 Å². The summed E-state index contributed by atoms with van der Waals surface area (Å²) >= 11 is 2.57. The number of fused-ring (bicyclic) bond motifs is 1. The molecule has 0 aliphatic carbocycles. The van der Waals surface area contributed by atoms with Crippen molar-refractivity contribution in [1.82, 2.24) is 9.97 Å². The Morgan fingerprint density at radius 2 is 2.26 bits per heavy atom. The third-order valence-corrected chi connectivity index (χ3v) is 7.05. The molecular formula is C14H13N3O3S3. The van der Waals surface area contributed by atoms with Gasteiger partial charge in [0.1, 0.15) is 19.7 Å². The maximum absolute atomic E-state index is 12.3. The van der Waals surface area contributed by atoms with Crippen LogP contribution in [0.25, 0.3) is 20.9 Å². The van der Waals surface area contributed by atoms with Crippen LogP contribution in [0.5, 0.6) is 0 Å². The van der Waals surface area contributed by atoms with E-state index in [-0.39, 0.29) is 11.3 Å². The van der Waals surface area contributed by atoms with Crippen LogP contribution in [0.3, 0.4) is 0 Å². The van der Waals surface area contributed by atoms with Crippen LogP contribution in [0.15, 0.2) is 21.9 Å². The van der Waals surface area contributed by atoms with Gasteiger partial charge in [-0.1, -0.05) is 6.92 Å². The molecule has 3 heterocycles. The highest BCUT2D eigenvalue weighted by Crippen LogP contribution is 2.39. The number of thiophene rings is 1. The minimum absolute atomic E-state index is 0.0636. The van der Waals surface area contributed by atoms with E-state index in [0.717, 1.165) is 6.42 Å². The molecule has 0 spiro atoms. The van der Waals surface area contributed by atoms with Crippen molar-refractivity contribution in [3.8, 4) is 10.7 Å². The minimum atomic E-state index is -1.24. The van der Waals surface area contributed by atoms with E-state index in [0.29, 0.717) is 30.9 Å². The smallest absolute Gasteiger partial charge is 0.336 e. The Kier molecular flexibility index (Phi) is 4.42. The normalized spacial score (nSPS) is 12.6. The molecule has 3 aromatic rings. The van der Waals surface area contributed by atoms with E-state index in [9.17, 15) is 14.1 Å². The number of anilines is 1. The molecule has 3 N–H and O–H groups in total. The summed E-state index contributed by atoms with van der Waals surface area (Å²) in [5, 5.41) is 12.3. The van der Waals surface area contributed by atoms with E-state index >= 15 is 0 Å². The number of aromatic nitrogens is 2. The quantitative estimate of drug-likeness (QED) is 0.717. The number of carboxylic acid groups (broad SMARTS) is 1. The van der Waals surface area contributed by atoms with E-state index in [4.69, 9.17) is 5.73 Å². The molecule has 9 heteroatoms. The Hall–Kier alpha value is -1.84. The first kappa shape index (κ1) is 16.0. The van der Waals surface area contributed by atoms with Gasteiger partial charge in [-0.3, -0.25) is 4.21 Å². The average molecular weight is 367 g/mol. The molecule has 0 bridgehead atoms. The number of carbonyl (C=O) groups is 1. The summed E-state index contributed by atoms with van der Waals surface area (Å²) in [6.07, 6.45) is 2.39. The highest BCUT2D eigenvalue weighted by Gasteiger charge is 2.22. The standard InChI is InChI=1S/C14H13N3O3S3/c1-2-5-23(20)14-10(15)9-7(13(18)19)6-8(17-12(9)22-14)11-16-3-4-21-11/h3-4,6H,2,5,15H2,1H3,(H,18,19). The van der Waals surface area contributed by atoms with Crippen LogP contribution in [0.2, 0.25) is 0 Å². The number of hydrogen-bond acceptors (Lipinski definition) is 7. The molecule has 23 heavy (non-hydrogen) atoms. The summed E-state index contributed by atoms with van der Waals surface area (Å²) in [5.74, 6) is -0.605. The van der Waals surface area contributed by atoms with Crippen molar-refractivity contribution in [3.05, 3.63) is 23.2 Å². The summed E-state index contributed by atoms with van der Waals surface area (Å²) < 4.78 is 12.8. The molecule has 1 unspecified atom stereocenters. The molecule has 0 amide bonds. The van der Waals surface area contributed by atoms with E-state index in [1.807, 2.05) is 6.92 Å². The third kappa shape index (κ3) is 2.87. The summed E-state index contributed by atoms with van der Waals surface area (Å²) in [5.41, 5.74) is 6.88. The van der Waals surface area contributed by atoms with Gasteiger partial charge in [0.2, 0.25) is 0 Å². The van der Waals surface area contributed by atoms with Crippen LogP contribution < -0.4 is 5.73 Å². The Morgan fingerprint density at radius 1 is 1.48 bits per heavy atom. The number of nitrogens with two attached hydrogens (primary N) is 1. The highest BCUT2D eigenvalue weighted by molar-refractivity contribution is 7.87. The minimum Gasteiger partial charge on any atom is -0.478 e. The first-order valence-corrected chi connectivity index (χ1v) is 9.79. The zero-order chi connectivity index (χ0) is 16.6. The van der Waals surface area contributed by atoms with Crippen LogP contribution in [0, 0.1) is 0 Å². The second-order valence-corrected chi connectivity index (χ2v) is 8.39. The number of rotatable bonds is 5. The molecule has 6 nitrogen and oxygen atoms in total. The van der Waals surface area contributed by atoms with Crippen molar-refractivity contribution in [2.75, 3.05) is 11.5 Å². The highest BCUT2D eigenvalue weighted by atomic mass is 32.2. The SMILES string of the molecule is CCCS(=O)c1sc2nc(-c3nccs3)cc(C(=O)O)c2c1N. The summed E-state index contributed by atoms with van der Waals surface area (Å²) in [7, 11) is -1.24. The third-order valence-electron chi connectivity index (χ3n) is 3.14. The van der Waals surface area contributed by atoms with Gasteiger partial charge in [-0.2, -0.15) is 0 Å². The number of carboxylic acids is 1. The van der Waals surface area contributed by atoms with Crippen molar-refractivity contribution in [1.29, 1.82) is 0 Å². The maximum atomic E-state index is 12.3. The molecule has 120 valence electrons. The predicted molar refractivity (Wildman–Crippen MR) is 93.7 cm³/mol. The summed E-state index contributed by atoms with van der Waals surface area (Å²) in [4.78, 5) is 20.7. The van der Waals surface area contributed by atoms with Gasteiger partial charge in [-0.05, 0) is 12.5 Å². The van der Waals surface area contributed by atoms with Gasteiger partial charge < -0.3 is 10.8 Å². The fourth-order valence-corrected chi connectivity index (χ4v) is 5.39. The second kappa shape index (κ2) is 6.34. The molecular weight excluding hydrogens is 354 g/mol. The zero-order valence-electron chi connectivity index (χ0n) is 12.1. The van der Waals surface area contributed by atoms with Gasteiger partial charge in [0.05, 0.1) is 27.4 Å². The zero-order valence-corrected chi connectivity index (χ0v) is 14.6. The number of hydrogen-bond donors (Lipinski definition) is 2. The van der Waals surface area contributed by atoms with Crippen LogP contribution in [-0.2, 0) is 10.8 Å². The maximum Gasteiger partial charge on any atom is 0.336 e. The molecule has 0 aliphatic rings. The van der Waals surface area contributed by atoms with Crippen molar-refractivity contribution in [3.63, 3.8) is 0 Å². The Morgan fingerprint density at radius 3 is 2.87 bits per heavy atom. The first-order chi connectivity index (χ1) is 11.0. The molecule has 0 saturated carbocycles. The van der Waals surface area contributed by atoms with Crippen molar-refractivity contribution in [2.45, 2.75) is 17.6 Å². The number of pyridine rings is 1. The molecule has 3 rings (SSSR count). The van der Waals surface area contributed by atoms with Crippen molar-refractivity contribution in [2.24, 2.45) is 0 Å². The number of aromatic carboxylic acids is 1. The Labute approximate surface area is 142 Å². The molecule has 0 aromatic carbocycles. The lowest BCUT2D eigenvalue weighted by Gasteiger charge is -2.02. The van der Waals surface area contributed by atoms with Gasteiger partial charge in [0.25, 0.3) is 0 Å². The molecule has 1 atom stereocenters. The van der Waals surface area contributed by atoms with E-state index < -0.39 is 16.8 Å². The second-order valence-electron chi connectivity index (χ2n) is 4.73. The van der Waals surface area contributed by atoms with Crippen molar-refractivity contribution < 1.29 is 14.1 Å². The first-order valence-electron chi connectivity index (χ1n) is 6.77. The summed E-state index contributed by atoms with van der Waals surface area (Å²) in [6, 6.07) is 1.47. The van der Waals surface area contributed by atoms with E-state index in [2.05, 4.69) is 9.97 Å². The van der Waals surface area contributed by atoms with Crippen LogP contribution in [0.4, 0.5) is 5.69 Å². The van der Waals surface area contributed by atoms with Gasteiger partial charge in [-0.25, -0.2) is 14.8 Å². The Bertz CT molecular complexity index is 903. The van der Waals surface area contributed by atoms with Gasteiger partial charge in [0, 0.05) is 17.3 Å². The number of thiazole rings is 1. The van der Waals surface area contributed by atoms with Gasteiger partial charge in [0.15, 0.2) is 0 Å². The number of nitrogens with zero attached hydrogens (tertiary/aromatic N) is 2. The van der Waals surface area contributed by atoms with Gasteiger partial charge in [-0.15, -0.1) is 22.7 Å². The van der Waals surface area contributed by atoms with Gasteiger partial charge >= 0.3 is 5.97 Å². The molecule has 0 fully saturated rings. The molecule has 3 aromatic heterocycles. The van der Waals surface area contributed by atoms with Crippen molar-refractivity contribution >= 4 is 55.3 Å². The number of nitrogen functional groups attached to an aromatic ring is 1. The molecule has 0 saturated heterocycles. The lowest BCUT2D eigenvalue weighted by molar-refractivity contribution is 0.0699. The van der Waals surface area contributed by atoms with E-state index in [1.54, 1.807) is 11.6 Å². The fraction of sp³-hybridized carbons (Fsp3) is 0.214. The average Bonchev–Trinajstić information content (AvgIpc) is 3.15. The lowest BCUT2D eigenvalue weighted by Crippen LogP contribution is -2.02. The molecule has 0 aliphatic heterocycles. The van der Waals surface area contributed by atoms with Crippen LogP contribution >= 0.6 is 22.7 Å². The fourth-order valence-electron chi connectivity index (χ4n) is 2.18. The summed E-state index contributed by atoms with van der Waals surface area (Å²) in [6.45, 7) is 1.93. The topological polar surface area (TPSA) is 106 Å². The molecule has 0 radical (unpaired) electrons. The van der Waals surface area contributed by atoms with E-state index in [1.165, 1.54) is 28.7 Å².